The van der Waals surface area contributed by atoms with Crippen LogP contribution in [-0.4, -0.2) is 36.1 Å². The van der Waals surface area contributed by atoms with Gasteiger partial charge in [0.1, 0.15) is 0 Å². The first-order valence-corrected chi connectivity index (χ1v) is 10.2. The fourth-order valence-corrected chi connectivity index (χ4v) is 3.56. The summed E-state index contributed by atoms with van der Waals surface area (Å²) in [5.74, 6) is 0.126. The fourth-order valence-electron chi connectivity index (χ4n) is 3.56. The zero-order chi connectivity index (χ0) is 22.5. The van der Waals surface area contributed by atoms with E-state index in [4.69, 9.17) is 14.2 Å². The summed E-state index contributed by atoms with van der Waals surface area (Å²) in [6.45, 7) is 7.76. The highest BCUT2D eigenvalue weighted by Gasteiger charge is 2.25. The van der Waals surface area contributed by atoms with Gasteiger partial charge in [0.15, 0.2) is 17.6 Å². The lowest BCUT2D eigenvalue weighted by atomic mass is 10.1. The van der Waals surface area contributed by atoms with Crippen molar-refractivity contribution in [1.29, 1.82) is 0 Å². The van der Waals surface area contributed by atoms with Crippen molar-refractivity contribution in [1.82, 2.24) is 4.57 Å². The summed E-state index contributed by atoms with van der Waals surface area (Å²) in [6.07, 6.45) is -0.935. The number of carbonyl (C=O) groups excluding carboxylic acids is 2. The Morgan fingerprint density at radius 2 is 1.71 bits per heavy atom. The van der Waals surface area contributed by atoms with Gasteiger partial charge in [0.25, 0.3) is 0 Å². The van der Waals surface area contributed by atoms with Crippen LogP contribution in [0.3, 0.4) is 0 Å². The molecule has 1 heterocycles. The summed E-state index contributed by atoms with van der Waals surface area (Å²) in [5.41, 5.74) is 3.53. The normalized spacial score (nSPS) is 11.6. The molecule has 1 atom stereocenters. The number of para-hydroxylation sites is 1. The highest BCUT2D eigenvalue weighted by molar-refractivity contribution is 6.02. The molecule has 3 aromatic rings. The van der Waals surface area contributed by atoms with Crippen molar-refractivity contribution in [2.45, 2.75) is 33.8 Å². The first-order chi connectivity index (χ1) is 14.9. The highest BCUT2D eigenvalue weighted by atomic mass is 16.5. The van der Waals surface area contributed by atoms with Gasteiger partial charge in [-0.3, -0.25) is 4.79 Å². The quantitative estimate of drug-likeness (QED) is 0.381. The van der Waals surface area contributed by atoms with Crippen LogP contribution in [0.2, 0.25) is 0 Å². The van der Waals surface area contributed by atoms with E-state index in [0.717, 1.165) is 17.1 Å². The van der Waals surface area contributed by atoms with Gasteiger partial charge in [-0.05, 0) is 64.1 Å². The average molecular weight is 421 g/mol. The zero-order valence-electron chi connectivity index (χ0n) is 18.5. The molecule has 0 radical (unpaired) electrons. The van der Waals surface area contributed by atoms with Gasteiger partial charge in [0.05, 0.1) is 19.3 Å². The van der Waals surface area contributed by atoms with E-state index in [1.165, 1.54) is 7.11 Å². The van der Waals surface area contributed by atoms with Gasteiger partial charge >= 0.3 is 5.97 Å². The maximum Gasteiger partial charge on any atom is 0.338 e. The number of hydrogen-bond donors (Lipinski definition) is 0. The molecule has 0 fully saturated rings. The van der Waals surface area contributed by atoms with E-state index in [1.807, 2.05) is 61.7 Å². The smallest absolute Gasteiger partial charge is 0.338 e. The zero-order valence-corrected chi connectivity index (χ0v) is 18.5. The third-order valence-electron chi connectivity index (χ3n) is 5.06. The van der Waals surface area contributed by atoms with Crippen molar-refractivity contribution >= 4 is 11.8 Å². The topological polar surface area (TPSA) is 66.8 Å². The second-order valence-corrected chi connectivity index (χ2v) is 7.17. The van der Waals surface area contributed by atoms with Crippen LogP contribution in [0.5, 0.6) is 11.5 Å². The summed E-state index contributed by atoms with van der Waals surface area (Å²) >= 11 is 0. The van der Waals surface area contributed by atoms with E-state index in [0.29, 0.717) is 23.7 Å². The molecule has 3 rings (SSSR count). The van der Waals surface area contributed by atoms with Crippen LogP contribution < -0.4 is 9.47 Å². The number of ether oxygens (including phenoxy) is 3. The maximum atomic E-state index is 13.1. The minimum absolute atomic E-state index is 0.249. The van der Waals surface area contributed by atoms with E-state index >= 15 is 0 Å². The monoisotopic (exact) mass is 421 g/mol. The molecule has 6 nitrogen and oxygen atoms in total. The van der Waals surface area contributed by atoms with Crippen LogP contribution >= 0.6 is 0 Å². The van der Waals surface area contributed by atoms with Gasteiger partial charge in [0.2, 0.25) is 5.78 Å². The van der Waals surface area contributed by atoms with E-state index in [1.54, 1.807) is 25.1 Å². The van der Waals surface area contributed by atoms with Crippen LogP contribution in [0, 0.1) is 13.8 Å². The molecular formula is C25H27NO5. The van der Waals surface area contributed by atoms with Gasteiger partial charge in [-0.25, -0.2) is 4.79 Å². The van der Waals surface area contributed by atoms with Crippen LogP contribution in [0.25, 0.3) is 5.69 Å². The van der Waals surface area contributed by atoms with E-state index in [9.17, 15) is 9.59 Å². The van der Waals surface area contributed by atoms with Crippen LogP contribution in [0.4, 0.5) is 0 Å². The van der Waals surface area contributed by atoms with E-state index < -0.39 is 12.1 Å². The van der Waals surface area contributed by atoms with Crippen molar-refractivity contribution in [2.24, 2.45) is 0 Å². The fraction of sp³-hybridized carbons (Fsp3) is 0.280. The Morgan fingerprint density at radius 3 is 2.35 bits per heavy atom. The molecule has 2 aromatic carbocycles. The molecule has 1 aromatic heterocycles. The number of Topliss-reactive ketones (excluding diaryl/α,β-unsaturated/α-hetero) is 1. The molecular weight excluding hydrogens is 394 g/mol. The predicted octanol–water partition coefficient (Wildman–Crippen LogP) is 4.93. The van der Waals surface area contributed by atoms with Crippen LogP contribution in [0.15, 0.2) is 54.6 Å². The number of methoxy groups -OCH3 is 1. The summed E-state index contributed by atoms with van der Waals surface area (Å²) in [7, 11) is 1.50. The molecule has 0 spiro atoms. The second-order valence-electron chi connectivity index (χ2n) is 7.17. The number of aryl methyl sites for hydroxylation is 1. The number of benzene rings is 2. The van der Waals surface area contributed by atoms with Gasteiger partial charge in [-0.2, -0.15) is 0 Å². The van der Waals surface area contributed by atoms with Gasteiger partial charge in [-0.1, -0.05) is 18.2 Å². The lowest BCUT2D eigenvalue weighted by Gasteiger charge is -2.14. The molecule has 0 saturated carbocycles. The summed E-state index contributed by atoms with van der Waals surface area (Å²) in [4.78, 5) is 25.7. The van der Waals surface area contributed by atoms with Gasteiger partial charge in [0, 0.05) is 22.6 Å². The third-order valence-corrected chi connectivity index (χ3v) is 5.06. The molecule has 0 aliphatic rings. The Hall–Kier alpha value is -3.54. The number of carbonyl (C=O) groups is 2. The van der Waals surface area contributed by atoms with Crippen LogP contribution in [-0.2, 0) is 4.74 Å². The molecule has 0 amide bonds. The average Bonchev–Trinajstić information content (AvgIpc) is 3.07. The predicted molar refractivity (Wildman–Crippen MR) is 119 cm³/mol. The molecule has 0 aliphatic heterocycles. The maximum absolute atomic E-state index is 13.1. The minimum Gasteiger partial charge on any atom is -0.493 e. The Labute approximate surface area is 182 Å². The Bertz CT molecular complexity index is 1080. The lowest BCUT2D eigenvalue weighted by molar-refractivity contribution is 0.0318. The molecule has 6 heteroatoms. The largest absolute Gasteiger partial charge is 0.493 e. The Kier molecular flexibility index (Phi) is 6.80. The van der Waals surface area contributed by atoms with Gasteiger partial charge in [-0.15, -0.1) is 0 Å². The van der Waals surface area contributed by atoms with E-state index in [2.05, 4.69) is 0 Å². The van der Waals surface area contributed by atoms with Crippen molar-refractivity contribution in [2.75, 3.05) is 13.7 Å². The SMILES string of the molecule is CCOc1ccc(C(=O)O[C@H](C)C(=O)c2cc(C)n(-c3ccccc3)c2C)cc1OC. The molecule has 31 heavy (non-hydrogen) atoms. The van der Waals surface area contributed by atoms with Crippen molar-refractivity contribution in [3.8, 4) is 17.2 Å². The van der Waals surface area contributed by atoms with Crippen molar-refractivity contribution in [3.63, 3.8) is 0 Å². The second kappa shape index (κ2) is 9.51. The van der Waals surface area contributed by atoms with E-state index in [-0.39, 0.29) is 11.3 Å². The minimum atomic E-state index is -0.935. The number of esters is 1. The molecule has 0 saturated heterocycles. The van der Waals surface area contributed by atoms with Crippen LogP contribution in [0.1, 0.15) is 46.0 Å². The molecule has 0 N–H and O–H groups in total. The third kappa shape index (κ3) is 4.63. The summed E-state index contributed by atoms with van der Waals surface area (Å²) in [6, 6.07) is 16.4. The van der Waals surface area contributed by atoms with Crippen molar-refractivity contribution < 1.29 is 23.8 Å². The molecule has 0 unspecified atom stereocenters. The number of nitrogens with zero attached hydrogens (tertiary/aromatic N) is 1. The molecule has 0 bridgehead atoms. The highest BCUT2D eigenvalue weighted by Crippen LogP contribution is 2.29. The summed E-state index contributed by atoms with van der Waals surface area (Å²) < 4.78 is 18.2. The Morgan fingerprint density at radius 1 is 1.00 bits per heavy atom. The lowest BCUT2D eigenvalue weighted by Crippen LogP contribution is -2.25. The number of aromatic nitrogens is 1. The first-order valence-electron chi connectivity index (χ1n) is 10.2. The van der Waals surface area contributed by atoms with Crippen molar-refractivity contribution in [3.05, 3.63) is 77.1 Å². The standard InChI is InChI=1S/C25H27NO5/c1-6-30-22-13-12-19(15-23(22)29-5)25(28)31-18(4)24(27)21-14-16(2)26(17(21)3)20-10-8-7-9-11-20/h7-15,18H,6H2,1-5H3/t18-/m1/s1. The molecule has 162 valence electrons. The van der Waals surface area contributed by atoms with Gasteiger partial charge < -0.3 is 18.8 Å². The Balaban J connectivity index is 1.79. The number of ketones is 1. The molecule has 0 aliphatic carbocycles. The number of hydrogen-bond acceptors (Lipinski definition) is 5. The summed E-state index contributed by atoms with van der Waals surface area (Å²) in [5, 5.41) is 0. The number of rotatable bonds is 8. The first kappa shape index (κ1) is 22.2.